The summed E-state index contributed by atoms with van der Waals surface area (Å²) in [6.45, 7) is 30.2. The van der Waals surface area contributed by atoms with E-state index in [-0.39, 0.29) is 53.3 Å². The van der Waals surface area contributed by atoms with E-state index in [0.29, 0.717) is 5.92 Å². The standard InChI is InChI=1S/C36H37N2S.C15H28O2.Ir/c1-21(2)14-25-20-39-32-17-23(11-12-26(25)32)28-18-30(38-34-33(28)22(3)19-36(34,7)8)24-15-29(35(4,5)6)27-10-9-13-37-31(27)16-24;1-7-14(5,8-2)12(16)11-13(17)15(6,9-3)10-4;/h9-13,15,17-21H,14H2,1-8H3;11,16H,7-10H2,1-6H3;/q-1;;/b;12-11-;. The number of aliphatic hydroxyl groups excluding tert-OH is 1. The summed E-state index contributed by atoms with van der Waals surface area (Å²) in [6, 6.07) is 19.4. The van der Waals surface area contributed by atoms with Crippen LogP contribution in [0.15, 0.2) is 72.0 Å². The van der Waals surface area contributed by atoms with Crippen LogP contribution in [0.1, 0.15) is 145 Å². The zero-order chi connectivity index (χ0) is 41.4. The summed E-state index contributed by atoms with van der Waals surface area (Å²) in [4.78, 5) is 22.2. The smallest absolute Gasteiger partial charge is 0.164 e. The molecule has 0 atom stereocenters. The number of nitrogens with zero attached hydrogens (tertiary/aromatic N) is 2. The molecule has 57 heavy (non-hydrogen) atoms. The molecular weight excluding hydrogens is 897 g/mol. The van der Waals surface area contributed by atoms with Crippen molar-refractivity contribution in [2.24, 2.45) is 16.7 Å². The van der Waals surface area contributed by atoms with Gasteiger partial charge in [0.1, 0.15) is 5.76 Å². The molecule has 0 spiro atoms. The van der Waals surface area contributed by atoms with E-state index in [1.165, 1.54) is 49.6 Å². The van der Waals surface area contributed by atoms with Gasteiger partial charge in [-0.1, -0.05) is 132 Å². The Balaban J connectivity index is 0.000000341. The van der Waals surface area contributed by atoms with E-state index >= 15 is 0 Å². The first-order valence-corrected chi connectivity index (χ1v) is 21.6. The molecule has 0 saturated carbocycles. The third-order valence-corrected chi connectivity index (χ3v) is 13.5. The van der Waals surface area contributed by atoms with Crippen molar-refractivity contribution in [2.75, 3.05) is 0 Å². The van der Waals surface area contributed by atoms with Gasteiger partial charge in [-0.3, -0.25) is 14.8 Å². The van der Waals surface area contributed by atoms with Gasteiger partial charge in [0, 0.05) is 64.6 Å². The van der Waals surface area contributed by atoms with Gasteiger partial charge in [-0.15, -0.1) is 34.6 Å². The summed E-state index contributed by atoms with van der Waals surface area (Å²) in [6.07, 6.45) is 10.1. The van der Waals surface area contributed by atoms with Crippen LogP contribution >= 0.6 is 11.3 Å². The number of allylic oxidation sites excluding steroid dienone is 4. The molecular formula is C51H65IrN2O2S-. The van der Waals surface area contributed by atoms with Crippen molar-refractivity contribution in [3.8, 4) is 22.4 Å². The molecule has 4 nitrogen and oxygen atoms in total. The zero-order valence-corrected chi connectivity index (χ0v) is 40.2. The van der Waals surface area contributed by atoms with E-state index in [1.807, 2.05) is 65.1 Å². The number of carbonyl (C=O) groups is 1. The Hall–Kier alpha value is -3.44. The molecule has 1 aliphatic carbocycles. The van der Waals surface area contributed by atoms with Crippen LogP contribution in [0.2, 0.25) is 0 Å². The quantitative estimate of drug-likeness (QED) is 0.0814. The SMILES string of the molecule is CC1=CC(C)(C)c2nc(-c3[c-]c4ncccc4c(C(C)(C)C)c3)cc(-c3ccc4c(CC(C)C)csc4c3)c21.CCC(C)(CC)C(=O)/C=C(\O)C(C)(CC)CC.[Ir]. The molecule has 0 aliphatic heterocycles. The molecule has 6 rings (SSSR count). The molecule has 0 amide bonds. The monoisotopic (exact) mass is 962 g/mol. The van der Waals surface area contributed by atoms with Crippen molar-refractivity contribution in [3.05, 3.63) is 100 Å². The fourth-order valence-electron chi connectivity index (χ4n) is 7.86. The molecule has 2 aromatic carbocycles. The molecule has 0 fully saturated rings. The van der Waals surface area contributed by atoms with Crippen LogP contribution in [0, 0.1) is 22.8 Å². The minimum atomic E-state index is -0.337. The summed E-state index contributed by atoms with van der Waals surface area (Å²) in [5, 5.41) is 15.0. The molecule has 1 aliphatic rings. The van der Waals surface area contributed by atoms with E-state index in [1.54, 1.807) is 0 Å². The van der Waals surface area contributed by atoms with Crippen LogP contribution in [0.3, 0.4) is 0 Å². The number of thiophene rings is 1. The summed E-state index contributed by atoms with van der Waals surface area (Å²) in [7, 11) is 0. The summed E-state index contributed by atoms with van der Waals surface area (Å²) >= 11 is 1.86. The van der Waals surface area contributed by atoms with Crippen LogP contribution in [0.25, 0.3) is 48.9 Å². The third-order valence-electron chi connectivity index (χ3n) is 12.5. The topological polar surface area (TPSA) is 63.1 Å². The van der Waals surface area contributed by atoms with Crippen LogP contribution in [-0.4, -0.2) is 20.9 Å². The number of ketones is 1. The number of fused-ring (bicyclic) bond motifs is 3. The predicted molar refractivity (Wildman–Crippen MR) is 242 cm³/mol. The number of pyridine rings is 2. The molecule has 5 aromatic rings. The van der Waals surface area contributed by atoms with Gasteiger partial charge in [0.2, 0.25) is 0 Å². The van der Waals surface area contributed by atoms with Gasteiger partial charge in [-0.05, 0) is 101 Å². The minimum Gasteiger partial charge on any atom is -0.512 e. The van der Waals surface area contributed by atoms with Gasteiger partial charge < -0.3 is 5.11 Å². The minimum absolute atomic E-state index is 0. The van der Waals surface area contributed by atoms with Gasteiger partial charge in [-0.2, -0.15) is 0 Å². The largest absolute Gasteiger partial charge is 0.512 e. The molecule has 3 aromatic heterocycles. The van der Waals surface area contributed by atoms with Crippen molar-refractivity contribution in [2.45, 2.75) is 140 Å². The number of hydrogen-bond acceptors (Lipinski definition) is 5. The second kappa shape index (κ2) is 17.8. The van der Waals surface area contributed by atoms with Crippen molar-refractivity contribution in [1.82, 2.24) is 9.97 Å². The summed E-state index contributed by atoms with van der Waals surface area (Å²) < 4.78 is 1.35. The van der Waals surface area contributed by atoms with E-state index in [0.717, 1.165) is 60.0 Å². The van der Waals surface area contributed by atoms with E-state index in [4.69, 9.17) is 9.97 Å². The molecule has 6 heteroatoms. The first-order chi connectivity index (χ1) is 26.2. The molecule has 1 radical (unpaired) electrons. The van der Waals surface area contributed by atoms with Crippen molar-refractivity contribution >= 4 is 43.7 Å². The van der Waals surface area contributed by atoms with Crippen LogP contribution in [0.5, 0.6) is 0 Å². The molecule has 3 heterocycles. The Morgan fingerprint density at radius 2 is 1.58 bits per heavy atom. The molecule has 0 unspecified atom stereocenters. The Morgan fingerprint density at radius 3 is 2.18 bits per heavy atom. The van der Waals surface area contributed by atoms with Crippen LogP contribution < -0.4 is 0 Å². The average Bonchev–Trinajstić information content (AvgIpc) is 3.67. The Morgan fingerprint density at radius 1 is 0.930 bits per heavy atom. The van der Waals surface area contributed by atoms with Gasteiger partial charge in [0.15, 0.2) is 5.78 Å². The fourth-order valence-corrected chi connectivity index (χ4v) is 8.87. The van der Waals surface area contributed by atoms with E-state index < -0.39 is 0 Å². The number of rotatable bonds is 11. The summed E-state index contributed by atoms with van der Waals surface area (Å²) in [5.41, 5.74) is 11.1. The number of hydrogen-bond donors (Lipinski definition) is 1. The summed E-state index contributed by atoms with van der Waals surface area (Å²) in [5.74, 6) is 0.933. The maximum absolute atomic E-state index is 12.2. The third kappa shape index (κ3) is 9.56. The number of benzene rings is 2. The molecule has 1 N–H and O–H groups in total. The van der Waals surface area contributed by atoms with Crippen LogP contribution in [-0.2, 0) is 42.2 Å². The van der Waals surface area contributed by atoms with Gasteiger partial charge in [0.05, 0.1) is 0 Å². The number of carbonyl (C=O) groups excluding carboxylic acids is 1. The number of aliphatic hydroxyl groups is 1. The first-order valence-electron chi connectivity index (χ1n) is 20.7. The fraction of sp³-hybridized carbons (Fsp3) is 0.471. The zero-order valence-electron chi connectivity index (χ0n) is 37.0. The van der Waals surface area contributed by atoms with Gasteiger partial charge in [0.25, 0.3) is 0 Å². The second-order valence-corrected chi connectivity index (χ2v) is 19.5. The van der Waals surface area contributed by atoms with E-state index in [9.17, 15) is 9.90 Å². The Labute approximate surface area is 361 Å². The van der Waals surface area contributed by atoms with Crippen LogP contribution in [0.4, 0.5) is 0 Å². The average molecular weight is 962 g/mol. The first kappa shape index (κ1) is 46.3. The normalized spacial score (nSPS) is 14.3. The molecule has 0 saturated heterocycles. The van der Waals surface area contributed by atoms with Gasteiger partial charge >= 0.3 is 0 Å². The predicted octanol–water partition coefficient (Wildman–Crippen LogP) is 14.8. The number of aromatic nitrogens is 2. The maximum atomic E-state index is 12.2. The second-order valence-electron chi connectivity index (χ2n) is 18.6. The molecule has 0 bridgehead atoms. The van der Waals surface area contributed by atoms with Crippen molar-refractivity contribution in [1.29, 1.82) is 0 Å². The van der Waals surface area contributed by atoms with Crippen molar-refractivity contribution in [3.63, 3.8) is 0 Å². The Kier molecular flexibility index (Phi) is 14.5. The Bertz CT molecular complexity index is 2290. The van der Waals surface area contributed by atoms with Crippen molar-refractivity contribution < 1.29 is 30.0 Å². The maximum Gasteiger partial charge on any atom is 0.164 e. The molecule has 307 valence electrons. The van der Waals surface area contributed by atoms with Gasteiger partial charge in [-0.25, -0.2) is 0 Å². The van der Waals surface area contributed by atoms with E-state index in [2.05, 4.69) is 109 Å².